The van der Waals surface area contributed by atoms with Gasteiger partial charge >= 0.3 is 18.0 Å². The minimum atomic E-state index is -6.32. The molecule has 18 heavy (non-hydrogen) atoms. The number of rotatable bonds is 6. The molecule has 0 saturated heterocycles. The minimum absolute atomic E-state index is 0.497. The summed E-state index contributed by atoms with van der Waals surface area (Å²) >= 11 is 0. The SMILES string of the molecule is C[CH]OC/C=C(\CC)C(F)(F)C(F)(F)C(F)(F)F. The molecule has 0 aliphatic rings. The molecule has 0 amide bonds. The fraction of sp³-hybridized carbons (Fsp3) is 0.700. The van der Waals surface area contributed by atoms with Gasteiger partial charge < -0.3 is 4.74 Å². The van der Waals surface area contributed by atoms with Crippen molar-refractivity contribution in [2.24, 2.45) is 0 Å². The van der Waals surface area contributed by atoms with E-state index in [1.807, 2.05) is 0 Å². The van der Waals surface area contributed by atoms with Gasteiger partial charge in [0.25, 0.3) is 0 Å². The second kappa shape index (κ2) is 5.90. The lowest BCUT2D eigenvalue weighted by molar-refractivity contribution is -0.344. The largest absolute Gasteiger partial charge is 0.460 e. The summed E-state index contributed by atoms with van der Waals surface area (Å²) in [6.45, 7) is 3.07. The fourth-order valence-corrected chi connectivity index (χ4v) is 1.12. The van der Waals surface area contributed by atoms with E-state index in [1.165, 1.54) is 6.92 Å². The van der Waals surface area contributed by atoms with Gasteiger partial charge in [0.05, 0.1) is 13.2 Å². The van der Waals surface area contributed by atoms with Gasteiger partial charge in [-0.15, -0.1) is 0 Å². The van der Waals surface area contributed by atoms with Crippen LogP contribution in [-0.2, 0) is 4.74 Å². The summed E-state index contributed by atoms with van der Waals surface area (Å²) in [5.74, 6) is -11.4. The van der Waals surface area contributed by atoms with Crippen molar-refractivity contribution in [3.63, 3.8) is 0 Å². The highest BCUT2D eigenvalue weighted by Crippen LogP contribution is 2.50. The van der Waals surface area contributed by atoms with E-state index in [4.69, 9.17) is 0 Å². The first-order valence-corrected chi connectivity index (χ1v) is 4.93. The van der Waals surface area contributed by atoms with Crippen LogP contribution in [0.4, 0.5) is 30.7 Å². The van der Waals surface area contributed by atoms with Crippen molar-refractivity contribution < 1.29 is 35.5 Å². The standard InChI is InChI=1S/C10H12F7O/c1-3-7(5-6-18-4-2)8(11,12)9(13,14)10(15,16)17/h4-5H,3,6H2,1-2H3/b7-5+. The molecule has 0 N–H and O–H groups in total. The number of ether oxygens (including phenoxy) is 1. The first kappa shape index (κ1) is 17.2. The van der Waals surface area contributed by atoms with Crippen LogP contribution < -0.4 is 0 Å². The van der Waals surface area contributed by atoms with Crippen LogP contribution in [-0.4, -0.2) is 24.6 Å². The van der Waals surface area contributed by atoms with E-state index in [0.29, 0.717) is 6.08 Å². The van der Waals surface area contributed by atoms with Gasteiger partial charge in [-0.05, 0) is 13.3 Å². The molecule has 0 bridgehead atoms. The van der Waals surface area contributed by atoms with E-state index in [9.17, 15) is 30.7 Å². The summed E-state index contributed by atoms with van der Waals surface area (Å²) in [6, 6.07) is 0. The Kier molecular flexibility index (Phi) is 5.64. The zero-order valence-electron chi connectivity index (χ0n) is 9.62. The smallest absolute Gasteiger partial charge is 0.372 e. The maximum atomic E-state index is 13.2. The van der Waals surface area contributed by atoms with Crippen molar-refractivity contribution >= 4 is 0 Å². The maximum Gasteiger partial charge on any atom is 0.460 e. The minimum Gasteiger partial charge on any atom is -0.372 e. The highest BCUT2D eigenvalue weighted by molar-refractivity contribution is 5.19. The van der Waals surface area contributed by atoms with E-state index in [-0.39, 0.29) is 0 Å². The predicted octanol–water partition coefficient (Wildman–Crippen LogP) is 4.35. The second-order valence-electron chi connectivity index (χ2n) is 3.30. The Balaban J connectivity index is 5.26. The van der Waals surface area contributed by atoms with Gasteiger partial charge in [0.15, 0.2) is 0 Å². The van der Waals surface area contributed by atoms with Gasteiger partial charge in [-0.1, -0.05) is 13.0 Å². The summed E-state index contributed by atoms with van der Waals surface area (Å²) in [5.41, 5.74) is -1.31. The zero-order valence-corrected chi connectivity index (χ0v) is 9.62. The summed E-state index contributed by atoms with van der Waals surface area (Å²) in [4.78, 5) is 0. The molecule has 8 heteroatoms. The number of hydrogen-bond acceptors (Lipinski definition) is 1. The van der Waals surface area contributed by atoms with Gasteiger partial charge in [0.1, 0.15) is 0 Å². The van der Waals surface area contributed by atoms with E-state index in [1.54, 1.807) is 0 Å². The zero-order chi connectivity index (χ0) is 14.6. The fourth-order valence-electron chi connectivity index (χ4n) is 1.12. The van der Waals surface area contributed by atoms with Crippen LogP contribution in [0.3, 0.4) is 0 Å². The summed E-state index contributed by atoms with van der Waals surface area (Å²) in [5, 5.41) is 0. The van der Waals surface area contributed by atoms with Crippen molar-refractivity contribution in [1.82, 2.24) is 0 Å². The topological polar surface area (TPSA) is 9.23 Å². The van der Waals surface area contributed by atoms with Crippen molar-refractivity contribution in [1.29, 1.82) is 0 Å². The Morgan fingerprint density at radius 2 is 1.56 bits per heavy atom. The van der Waals surface area contributed by atoms with Gasteiger partial charge in [-0.2, -0.15) is 30.7 Å². The Morgan fingerprint density at radius 1 is 1.06 bits per heavy atom. The molecule has 1 radical (unpaired) electrons. The van der Waals surface area contributed by atoms with Crippen LogP contribution in [0, 0.1) is 6.61 Å². The van der Waals surface area contributed by atoms with Crippen LogP contribution in [0.2, 0.25) is 0 Å². The van der Waals surface area contributed by atoms with Crippen molar-refractivity contribution in [2.45, 2.75) is 38.3 Å². The van der Waals surface area contributed by atoms with E-state index < -0.39 is 36.6 Å². The molecule has 0 aliphatic heterocycles. The van der Waals surface area contributed by atoms with E-state index >= 15 is 0 Å². The van der Waals surface area contributed by atoms with Gasteiger partial charge in [0.2, 0.25) is 0 Å². The van der Waals surface area contributed by atoms with E-state index in [0.717, 1.165) is 13.5 Å². The molecular weight excluding hydrogens is 269 g/mol. The normalized spacial score (nSPS) is 15.1. The van der Waals surface area contributed by atoms with Crippen LogP contribution in [0.15, 0.2) is 11.6 Å². The molecule has 0 unspecified atom stereocenters. The van der Waals surface area contributed by atoms with Crippen LogP contribution in [0.25, 0.3) is 0 Å². The third-order valence-corrected chi connectivity index (χ3v) is 2.13. The quantitative estimate of drug-likeness (QED) is 0.399. The van der Waals surface area contributed by atoms with Crippen LogP contribution in [0.1, 0.15) is 20.3 Å². The Labute approximate surface area is 99.6 Å². The number of allylic oxidation sites excluding steroid dienone is 1. The van der Waals surface area contributed by atoms with Gasteiger partial charge in [-0.25, -0.2) is 0 Å². The lowest BCUT2D eigenvalue weighted by Gasteiger charge is -2.29. The summed E-state index contributed by atoms with van der Waals surface area (Å²) in [7, 11) is 0. The van der Waals surface area contributed by atoms with Crippen LogP contribution in [0.5, 0.6) is 0 Å². The first-order valence-electron chi connectivity index (χ1n) is 4.93. The monoisotopic (exact) mass is 281 g/mol. The molecule has 1 nitrogen and oxygen atoms in total. The lowest BCUT2D eigenvalue weighted by Crippen LogP contribution is -2.52. The average molecular weight is 281 g/mol. The van der Waals surface area contributed by atoms with Gasteiger partial charge in [0, 0.05) is 5.57 Å². The number of alkyl halides is 7. The third-order valence-electron chi connectivity index (χ3n) is 2.13. The Bertz CT molecular complexity index is 293. The summed E-state index contributed by atoms with van der Waals surface area (Å²) in [6.07, 6.45) is -6.44. The molecule has 0 aromatic heterocycles. The van der Waals surface area contributed by atoms with Crippen LogP contribution >= 0.6 is 0 Å². The number of hydrogen-bond donors (Lipinski definition) is 0. The molecule has 0 spiro atoms. The highest BCUT2D eigenvalue weighted by Gasteiger charge is 2.73. The molecule has 0 atom stereocenters. The first-order chi connectivity index (χ1) is 8.02. The molecule has 107 valence electrons. The van der Waals surface area contributed by atoms with Crippen molar-refractivity contribution in [2.75, 3.05) is 6.61 Å². The predicted molar refractivity (Wildman–Crippen MR) is 50.2 cm³/mol. The molecule has 0 aromatic carbocycles. The second-order valence-corrected chi connectivity index (χ2v) is 3.30. The highest BCUT2D eigenvalue weighted by atomic mass is 19.4. The molecule has 0 rings (SSSR count). The molecule has 0 fully saturated rings. The Morgan fingerprint density at radius 3 is 1.89 bits per heavy atom. The van der Waals surface area contributed by atoms with E-state index in [2.05, 4.69) is 4.74 Å². The number of halogens is 7. The van der Waals surface area contributed by atoms with Crippen molar-refractivity contribution in [3.8, 4) is 0 Å². The summed E-state index contributed by atoms with van der Waals surface area (Å²) < 4.78 is 92.0. The maximum absolute atomic E-state index is 13.2. The average Bonchev–Trinajstić information content (AvgIpc) is 2.22. The third kappa shape index (κ3) is 3.37. The van der Waals surface area contributed by atoms with Crippen molar-refractivity contribution in [3.05, 3.63) is 18.3 Å². The molecule has 0 aliphatic carbocycles. The molecule has 0 aromatic rings. The van der Waals surface area contributed by atoms with Gasteiger partial charge in [-0.3, -0.25) is 0 Å². The molecular formula is C10H12F7O. The molecule has 0 heterocycles. The Hall–Kier alpha value is -0.790. The lowest BCUT2D eigenvalue weighted by atomic mass is 9.99. The molecule has 0 saturated carbocycles.